The molecule has 0 fully saturated rings. The number of benzene rings is 1. The molecular formula is C18H21Cl2FN4OS. The predicted octanol–water partition coefficient (Wildman–Crippen LogP) is 3.15. The van der Waals surface area contributed by atoms with Gasteiger partial charge >= 0.3 is 0 Å². The lowest BCUT2D eigenvalue weighted by atomic mass is 10.1. The fourth-order valence-electron chi connectivity index (χ4n) is 2.58. The van der Waals surface area contributed by atoms with Gasteiger partial charge in [0.25, 0.3) is 0 Å². The molecule has 9 heteroatoms. The first-order chi connectivity index (χ1) is 12.9. The maximum absolute atomic E-state index is 13.4. The summed E-state index contributed by atoms with van der Waals surface area (Å²) in [7, 11) is 1.58. The van der Waals surface area contributed by atoms with E-state index in [0.717, 1.165) is 5.56 Å². The van der Waals surface area contributed by atoms with E-state index < -0.39 is 6.23 Å². The van der Waals surface area contributed by atoms with Gasteiger partial charge < -0.3 is 16.6 Å². The maximum atomic E-state index is 13.4. The highest BCUT2D eigenvalue weighted by Gasteiger charge is 2.21. The Balaban J connectivity index is 2.15. The summed E-state index contributed by atoms with van der Waals surface area (Å²) in [6.07, 6.45) is 0.707. The number of nitrogens with zero attached hydrogens (tertiary/aromatic N) is 1. The molecule has 1 aromatic heterocycles. The number of nitrogens with one attached hydrogen (secondary N) is 1. The lowest BCUT2D eigenvalue weighted by Crippen LogP contribution is -2.40. The Morgan fingerprint density at radius 3 is 2.78 bits per heavy atom. The number of nitrogens with two attached hydrogens (primary N) is 2. The van der Waals surface area contributed by atoms with Gasteiger partial charge in [0.15, 0.2) is 0 Å². The molecular weight excluding hydrogens is 410 g/mol. The molecule has 1 heterocycles. The predicted molar refractivity (Wildman–Crippen MR) is 111 cm³/mol. The molecule has 1 aromatic carbocycles. The smallest absolute Gasteiger partial charge is 0.140 e. The van der Waals surface area contributed by atoms with E-state index in [9.17, 15) is 9.50 Å². The van der Waals surface area contributed by atoms with E-state index >= 15 is 0 Å². The summed E-state index contributed by atoms with van der Waals surface area (Å²) in [5.74, 6) is -0.310. The molecule has 0 saturated heterocycles. The molecule has 0 radical (unpaired) electrons. The van der Waals surface area contributed by atoms with Crippen LogP contribution in [0.5, 0.6) is 0 Å². The van der Waals surface area contributed by atoms with Gasteiger partial charge in [0.2, 0.25) is 0 Å². The Morgan fingerprint density at radius 1 is 1.44 bits per heavy atom. The number of allylic oxidation sites excluding steroid dienone is 1. The number of aliphatic hydroxyl groups excluding tert-OH is 1. The number of halogens is 3. The van der Waals surface area contributed by atoms with E-state index in [2.05, 4.69) is 10.3 Å². The van der Waals surface area contributed by atoms with Crippen molar-refractivity contribution in [1.82, 2.24) is 5.32 Å². The zero-order valence-electron chi connectivity index (χ0n) is 14.6. The first-order valence-electron chi connectivity index (χ1n) is 8.12. The van der Waals surface area contributed by atoms with Crippen molar-refractivity contribution in [2.45, 2.75) is 18.7 Å². The van der Waals surface area contributed by atoms with Crippen LogP contribution < -0.4 is 16.8 Å². The lowest BCUT2D eigenvalue weighted by molar-refractivity contribution is 0.127. The van der Waals surface area contributed by atoms with Gasteiger partial charge in [-0.05, 0) is 30.2 Å². The number of rotatable bonds is 8. The maximum Gasteiger partial charge on any atom is 0.140 e. The van der Waals surface area contributed by atoms with Crippen LogP contribution in [-0.4, -0.2) is 30.5 Å². The van der Waals surface area contributed by atoms with Crippen LogP contribution in [0.3, 0.4) is 0 Å². The highest BCUT2D eigenvalue weighted by atomic mass is 35.5. The number of thiophene rings is 1. The van der Waals surface area contributed by atoms with E-state index in [1.165, 1.54) is 29.7 Å². The van der Waals surface area contributed by atoms with Crippen molar-refractivity contribution in [3.63, 3.8) is 0 Å². The highest BCUT2D eigenvalue weighted by molar-refractivity contribution is 7.16. The quantitative estimate of drug-likeness (QED) is 0.381. The zero-order valence-corrected chi connectivity index (χ0v) is 17.0. The molecule has 0 saturated carbocycles. The van der Waals surface area contributed by atoms with Gasteiger partial charge in [-0.2, -0.15) is 0 Å². The van der Waals surface area contributed by atoms with Crippen LogP contribution in [-0.2, 0) is 6.42 Å². The molecule has 2 rings (SSSR count). The van der Waals surface area contributed by atoms with E-state index in [0.29, 0.717) is 26.9 Å². The Morgan fingerprint density at radius 2 is 2.19 bits per heavy atom. The summed E-state index contributed by atoms with van der Waals surface area (Å²) in [5, 5.41) is 13.8. The second-order valence-electron chi connectivity index (χ2n) is 5.76. The van der Waals surface area contributed by atoms with Crippen molar-refractivity contribution in [3.05, 3.63) is 67.7 Å². The van der Waals surface area contributed by atoms with E-state index in [4.69, 9.17) is 34.7 Å². The van der Waals surface area contributed by atoms with Gasteiger partial charge in [-0.25, -0.2) is 4.39 Å². The van der Waals surface area contributed by atoms with Crippen molar-refractivity contribution in [2.75, 3.05) is 13.6 Å². The minimum absolute atomic E-state index is 0.252. The average Bonchev–Trinajstić information content (AvgIpc) is 3.03. The topological polar surface area (TPSA) is 96.7 Å². The Bertz CT molecular complexity index is 841. The zero-order chi connectivity index (χ0) is 20.0. The monoisotopic (exact) mass is 430 g/mol. The molecule has 0 spiro atoms. The third-order valence-corrected chi connectivity index (χ3v) is 5.59. The number of hydrogen-bond donors (Lipinski definition) is 4. The molecule has 5 nitrogen and oxygen atoms in total. The van der Waals surface area contributed by atoms with E-state index in [1.807, 2.05) is 6.07 Å². The number of aliphatic hydroxyl groups is 1. The summed E-state index contributed by atoms with van der Waals surface area (Å²) < 4.78 is 13.8. The van der Waals surface area contributed by atoms with Crippen molar-refractivity contribution < 1.29 is 9.50 Å². The molecule has 0 bridgehead atoms. The van der Waals surface area contributed by atoms with Crippen LogP contribution in [0.25, 0.3) is 0 Å². The Labute approximate surface area is 171 Å². The normalized spacial score (nSPS) is 15.0. The largest absolute Gasteiger partial charge is 0.403 e. The second-order valence-corrected chi connectivity index (χ2v) is 7.85. The summed E-state index contributed by atoms with van der Waals surface area (Å²) in [4.78, 5) is 4.68. The molecule has 146 valence electrons. The van der Waals surface area contributed by atoms with Gasteiger partial charge in [0.1, 0.15) is 16.4 Å². The van der Waals surface area contributed by atoms with Crippen LogP contribution in [0.4, 0.5) is 4.39 Å². The SMILES string of the molecule is CN=C(C(Cl)=CN)c1cc(C(O)N[C@H](CN)Cc2cccc(F)c2)sc1Cl. The molecule has 0 amide bonds. The third kappa shape index (κ3) is 5.75. The standard InChI is InChI=1S/C18H21Cl2FN4OS/c1-24-16(14(19)9-23)13-7-15(27-17(13)20)18(26)25-12(8-22)6-10-3-2-4-11(21)5-10/h2-5,7,9,12,18,25-26H,6,8,22-23H2,1H3/t12-,18?/m0/s1. The van der Waals surface area contributed by atoms with E-state index in [-0.39, 0.29) is 23.4 Å². The van der Waals surface area contributed by atoms with Crippen LogP contribution in [0.1, 0.15) is 22.2 Å². The number of aliphatic imine (C=N–C) groups is 1. The van der Waals surface area contributed by atoms with Gasteiger partial charge in [-0.1, -0.05) is 35.3 Å². The molecule has 0 aliphatic heterocycles. The summed E-state index contributed by atoms with van der Waals surface area (Å²) >= 11 is 13.5. The molecule has 2 aromatic rings. The van der Waals surface area contributed by atoms with Crippen molar-refractivity contribution in [2.24, 2.45) is 16.5 Å². The van der Waals surface area contributed by atoms with Crippen LogP contribution >= 0.6 is 34.5 Å². The van der Waals surface area contributed by atoms with Crippen LogP contribution in [0.15, 0.2) is 46.6 Å². The minimum atomic E-state index is -0.998. The third-order valence-electron chi connectivity index (χ3n) is 3.88. The van der Waals surface area contributed by atoms with E-state index in [1.54, 1.807) is 19.2 Å². The molecule has 6 N–H and O–H groups in total. The lowest BCUT2D eigenvalue weighted by Gasteiger charge is -2.20. The molecule has 0 aliphatic carbocycles. The first-order valence-corrected chi connectivity index (χ1v) is 9.69. The van der Waals surface area contributed by atoms with Gasteiger partial charge in [0.05, 0.1) is 15.6 Å². The molecule has 0 aliphatic rings. The summed E-state index contributed by atoms with van der Waals surface area (Å²) in [5.41, 5.74) is 13.1. The van der Waals surface area contributed by atoms with Gasteiger partial charge in [-0.3, -0.25) is 10.3 Å². The second kappa shape index (κ2) is 10.2. The fourth-order valence-corrected chi connectivity index (χ4v) is 4.01. The molecule has 1 unspecified atom stereocenters. The molecule has 2 atom stereocenters. The average molecular weight is 431 g/mol. The van der Waals surface area contributed by atoms with Gasteiger partial charge in [0, 0.05) is 31.4 Å². The first kappa shape index (κ1) is 21.8. The summed E-state index contributed by atoms with van der Waals surface area (Å²) in [6.45, 7) is 0.267. The highest BCUT2D eigenvalue weighted by Crippen LogP contribution is 2.33. The van der Waals surface area contributed by atoms with Crippen LogP contribution in [0.2, 0.25) is 4.34 Å². The minimum Gasteiger partial charge on any atom is -0.403 e. The fraction of sp³-hybridized carbons (Fsp3) is 0.278. The molecule has 27 heavy (non-hydrogen) atoms. The summed E-state index contributed by atoms with van der Waals surface area (Å²) in [6, 6.07) is 7.73. The van der Waals surface area contributed by atoms with Crippen molar-refractivity contribution >= 4 is 40.3 Å². The van der Waals surface area contributed by atoms with Crippen LogP contribution in [0, 0.1) is 5.82 Å². The Hall–Kier alpha value is -1.48. The van der Waals surface area contributed by atoms with Crippen molar-refractivity contribution in [1.29, 1.82) is 0 Å². The Kier molecular flexibility index (Phi) is 8.22. The van der Waals surface area contributed by atoms with Gasteiger partial charge in [-0.15, -0.1) is 11.3 Å². The van der Waals surface area contributed by atoms with Crippen molar-refractivity contribution in [3.8, 4) is 0 Å². The number of hydrogen-bond acceptors (Lipinski definition) is 6.